The molecule has 100 valence electrons. The van der Waals surface area contributed by atoms with Crippen LogP contribution in [0.15, 0.2) is 34.9 Å². The SMILES string of the molecule is Cc1ccc(-c2cc(CNC(C)C(=O)O)on2)cc1. The quantitative estimate of drug-likeness (QED) is 0.862. The van der Waals surface area contributed by atoms with E-state index in [1.54, 1.807) is 6.92 Å². The maximum atomic E-state index is 10.7. The maximum absolute atomic E-state index is 10.7. The minimum absolute atomic E-state index is 0.340. The van der Waals surface area contributed by atoms with Crippen LogP contribution >= 0.6 is 0 Å². The summed E-state index contributed by atoms with van der Waals surface area (Å²) >= 11 is 0. The lowest BCUT2D eigenvalue weighted by Gasteiger charge is -2.05. The number of aliphatic carboxylic acids is 1. The highest BCUT2D eigenvalue weighted by Crippen LogP contribution is 2.19. The number of hydrogen-bond acceptors (Lipinski definition) is 4. The second kappa shape index (κ2) is 5.67. The lowest BCUT2D eigenvalue weighted by atomic mass is 10.1. The van der Waals surface area contributed by atoms with Gasteiger partial charge in [-0.1, -0.05) is 35.0 Å². The van der Waals surface area contributed by atoms with Crippen LogP contribution in [0.3, 0.4) is 0 Å². The van der Waals surface area contributed by atoms with Crippen LogP contribution in [-0.4, -0.2) is 22.3 Å². The zero-order chi connectivity index (χ0) is 13.8. The van der Waals surface area contributed by atoms with Crippen LogP contribution in [0.4, 0.5) is 0 Å². The molecule has 0 amide bonds. The first-order valence-electron chi connectivity index (χ1n) is 6.05. The lowest BCUT2D eigenvalue weighted by molar-refractivity contribution is -0.139. The Bertz CT molecular complexity index is 560. The number of hydrogen-bond donors (Lipinski definition) is 2. The van der Waals surface area contributed by atoms with Crippen LogP contribution in [0.2, 0.25) is 0 Å². The Balaban J connectivity index is 2.03. The van der Waals surface area contributed by atoms with Gasteiger partial charge < -0.3 is 9.63 Å². The van der Waals surface area contributed by atoms with Gasteiger partial charge in [0.2, 0.25) is 0 Å². The maximum Gasteiger partial charge on any atom is 0.320 e. The van der Waals surface area contributed by atoms with E-state index >= 15 is 0 Å². The van der Waals surface area contributed by atoms with E-state index in [1.807, 2.05) is 37.3 Å². The summed E-state index contributed by atoms with van der Waals surface area (Å²) in [6.45, 7) is 3.95. The van der Waals surface area contributed by atoms with Gasteiger partial charge in [0.05, 0.1) is 6.54 Å². The number of aromatic nitrogens is 1. The van der Waals surface area contributed by atoms with Crippen molar-refractivity contribution >= 4 is 5.97 Å². The topological polar surface area (TPSA) is 75.4 Å². The van der Waals surface area contributed by atoms with Crippen molar-refractivity contribution in [2.75, 3.05) is 0 Å². The molecule has 5 nitrogen and oxygen atoms in total. The number of nitrogens with one attached hydrogen (secondary N) is 1. The van der Waals surface area contributed by atoms with Crippen LogP contribution in [0.25, 0.3) is 11.3 Å². The normalized spacial score (nSPS) is 12.3. The Hall–Kier alpha value is -2.14. The van der Waals surface area contributed by atoms with Crippen LogP contribution in [-0.2, 0) is 11.3 Å². The molecule has 1 unspecified atom stereocenters. The smallest absolute Gasteiger partial charge is 0.320 e. The molecule has 2 rings (SSSR count). The van der Waals surface area contributed by atoms with Crippen LogP contribution in [0.1, 0.15) is 18.2 Å². The molecule has 0 bridgehead atoms. The van der Waals surface area contributed by atoms with E-state index < -0.39 is 12.0 Å². The highest BCUT2D eigenvalue weighted by atomic mass is 16.5. The summed E-state index contributed by atoms with van der Waals surface area (Å²) < 4.78 is 5.17. The Morgan fingerprint density at radius 2 is 2.11 bits per heavy atom. The van der Waals surface area contributed by atoms with Crippen molar-refractivity contribution in [3.8, 4) is 11.3 Å². The van der Waals surface area contributed by atoms with Crippen molar-refractivity contribution < 1.29 is 14.4 Å². The first-order valence-corrected chi connectivity index (χ1v) is 6.05. The van der Waals surface area contributed by atoms with Gasteiger partial charge >= 0.3 is 5.97 Å². The molecule has 0 aliphatic heterocycles. The number of carboxylic acid groups (broad SMARTS) is 1. The van der Waals surface area contributed by atoms with Gasteiger partial charge in [0.25, 0.3) is 0 Å². The second-order valence-electron chi connectivity index (χ2n) is 4.49. The third-order valence-electron chi connectivity index (χ3n) is 2.86. The van der Waals surface area contributed by atoms with E-state index in [2.05, 4.69) is 10.5 Å². The number of rotatable bonds is 5. The Labute approximate surface area is 111 Å². The van der Waals surface area contributed by atoms with Gasteiger partial charge in [0, 0.05) is 11.6 Å². The van der Waals surface area contributed by atoms with Gasteiger partial charge in [0.15, 0.2) is 5.76 Å². The lowest BCUT2D eigenvalue weighted by Crippen LogP contribution is -2.32. The van der Waals surface area contributed by atoms with E-state index in [1.165, 1.54) is 5.56 Å². The molecule has 1 heterocycles. The molecule has 1 aromatic carbocycles. The first-order chi connectivity index (χ1) is 9.06. The molecule has 0 aliphatic rings. The molecule has 0 fully saturated rings. The average Bonchev–Trinajstić information content (AvgIpc) is 2.85. The molecule has 0 spiro atoms. The van der Waals surface area contributed by atoms with Crippen molar-refractivity contribution in [2.24, 2.45) is 0 Å². The minimum atomic E-state index is -0.890. The molecule has 19 heavy (non-hydrogen) atoms. The predicted octanol–water partition coefficient (Wildman–Crippen LogP) is 2.21. The van der Waals surface area contributed by atoms with E-state index in [0.29, 0.717) is 12.3 Å². The van der Waals surface area contributed by atoms with Crippen molar-refractivity contribution in [2.45, 2.75) is 26.4 Å². The van der Waals surface area contributed by atoms with E-state index in [-0.39, 0.29) is 0 Å². The molecular weight excluding hydrogens is 244 g/mol. The summed E-state index contributed by atoms with van der Waals surface area (Å²) in [5, 5.41) is 15.6. The molecule has 5 heteroatoms. The molecule has 0 saturated carbocycles. The first kappa shape index (κ1) is 13.3. The summed E-state index contributed by atoms with van der Waals surface area (Å²) in [7, 11) is 0. The zero-order valence-electron chi connectivity index (χ0n) is 10.9. The summed E-state index contributed by atoms with van der Waals surface area (Å²) in [4.78, 5) is 10.7. The van der Waals surface area contributed by atoms with Crippen molar-refractivity contribution in [1.82, 2.24) is 10.5 Å². The second-order valence-corrected chi connectivity index (χ2v) is 4.49. The Kier molecular flexibility index (Phi) is 3.97. The van der Waals surface area contributed by atoms with Gasteiger partial charge in [-0.3, -0.25) is 10.1 Å². The van der Waals surface area contributed by atoms with E-state index in [9.17, 15) is 4.79 Å². The average molecular weight is 260 g/mol. The van der Waals surface area contributed by atoms with E-state index in [4.69, 9.17) is 9.63 Å². The number of aryl methyl sites for hydroxylation is 1. The number of carboxylic acids is 1. The number of nitrogens with zero attached hydrogens (tertiary/aromatic N) is 1. The Morgan fingerprint density at radius 3 is 2.74 bits per heavy atom. The highest BCUT2D eigenvalue weighted by molar-refractivity contribution is 5.72. The van der Waals surface area contributed by atoms with Crippen LogP contribution in [0, 0.1) is 6.92 Å². The zero-order valence-corrected chi connectivity index (χ0v) is 10.9. The summed E-state index contributed by atoms with van der Waals surface area (Å²) in [5.74, 6) is -0.276. The largest absolute Gasteiger partial charge is 0.480 e. The monoisotopic (exact) mass is 260 g/mol. The van der Waals surface area contributed by atoms with E-state index in [0.717, 1.165) is 11.3 Å². The predicted molar refractivity (Wildman–Crippen MR) is 70.6 cm³/mol. The molecule has 1 aromatic heterocycles. The fourth-order valence-corrected chi connectivity index (χ4v) is 1.60. The fourth-order valence-electron chi connectivity index (χ4n) is 1.60. The van der Waals surface area contributed by atoms with Gasteiger partial charge in [-0.15, -0.1) is 0 Å². The third-order valence-corrected chi connectivity index (χ3v) is 2.86. The summed E-state index contributed by atoms with van der Waals surface area (Å²) in [5.41, 5.74) is 2.91. The molecule has 0 radical (unpaired) electrons. The van der Waals surface area contributed by atoms with Gasteiger partial charge in [-0.2, -0.15) is 0 Å². The van der Waals surface area contributed by atoms with Crippen molar-refractivity contribution in [3.05, 3.63) is 41.7 Å². The fraction of sp³-hybridized carbons (Fsp3) is 0.286. The van der Waals surface area contributed by atoms with Crippen LogP contribution in [0.5, 0.6) is 0 Å². The third kappa shape index (κ3) is 3.42. The van der Waals surface area contributed by atoms with Crippen molar-refractivity contribution in [1.29, 1.82) is 0 Å². The molecule has 0 aliphatic carbocycles. The van der Waals surface area contributed by atoms with Crippen molar-refractivity contribution in [3.63, 3.8) is 0 Å². The summed E-state index contributed by atoms with van der Waals surface area (Å²) in [6, 6.07) is 9.16. The Morgan fingerprint density at radius 1 is 1.42 bits per heavy atom. The molecule has 1 atom stereocenters. The van der Waals surface area contributed by atoms with Gasteiger partial charge in [-0.05, 0) is 13.8 Å². The standard InChI is InChI=1S/C14H16N2O3/c1-9-3-5-11(6-4-9)13-7-12(19-16-13)8-15-10(2)14(17)18/h3-7,10,15H,8H2,1-2H3,(H,17,18). The summed E-state index contributed by atoms with van der Waals surface area (Å²) in [6.07, 6.45) is 0. The number of carbonyl (C=O) groups is 1. The van der Waals surface area contributed by atoms with Gasteiger partial charge in [-0.25, -0.2) is 0 Å². The highest BCUT2D eigenvalue weighted by Gasteiger charge is 2.12. The number of benzene rings is 1. The molecule has 2 aromatic rings. The minimum Gasteiger partial charge on any atom is -0.480 e. The van der Waals surface area contributed by atoms with Gasteiger partial charge in [0.1, 0.15) is 11.7 Å². The molecule has 2 N–H and O–H groups in total. The molecular formula is C14H16N2O3. The van der Waals surface area contributed by atoms with Crippen LogP contribution < -0.4 is 5.32 Å². The molecule has 0 saturated heterocycles.